The Kier molecular flexibility index (Phi) is 5.58. The van der Waals surface area contributed by atoms with E-state index in [1.54, 1.807) is 8.61 Å². The van der Waals surface area contributed by atoms with Crippen LogP contribution in [-0.2, 0) is 10.2 Å². The van der Waals surface area contributed by atoms with Crippen molar-refractivity contribution in [3.63, 3.8) is 0 Å². The summed E-state index contributed by atoms with van der Waals surface area (Å²) in [5, 5.41) is 0. The zero-order chi connectivity index (χ0) is 13.8. The van der Waals surface area contributed by atoms with Gasteiger partial charge in [-0.3, -0.25) is 0 Å². The molecule has 1 fully saturated rings. The van der Waals surface area contributed by atoms with Gasteiger partial charge < -0.3 is 5.73 Å². The summed E-state index contributed by atoms with van der Waals surface area (Å²) in [6.45, 7) is 8.07. The summed E-state index contributed by atoms with van der Waals surface area (Å²) in [4.78, 5) is 0. The zero-order valence-corrected chi connectivity index (χ0v) is 12.7. The van der Waals surface area contributed by atoms with Crippen LogP contribution in [0, 0.1) is 0 Å². The first-order valence-corrected chi connectivity index (χ1v) is 8.36. The first kappa shape index (κ1) is 15.9. The van der Waals surface area contributed by atoms with Gasteiger partial charge in [-0.1, -0.05) is 20.8 Å². The Bertz CT molecular complexity index is 338. The number of likely N-dealkylation sites (N-methyl/N-ethyl adjacent to an activating group) is 1. The molecule has 2 N–H and O–H groups in total. The van der Waals surface area contributed by atoms with E-state index in [9.17, 15) is 8.42 Å². The van der Waals surface area contributed by atoms with Crippen molar-refractivity contribution < 1.29 is 8.42 Å². The highest BCUT2D eigenvalue weighted by Crippen LogP contribution is 2.29. The highest BCUT2D eigenvalue weighted by Gasteiger charge is 2.42. The van der Waals surface area contributed by atoms with Gasteiger partial charge in [0.1, 0.15) is 0 Å². The van der Waals surface area contributed by atoms with Gasteiger partial charge in [0.05, 0.1) is 0 Å². The molecule has 1 aliphatic rings. The number of nitrogens with two attached hydrogens (primary N) is 1. The lowest BCUT2D eigenvalue weighted by Gasteiger charge is -2.42. The van der Waals surface area contributed by atoms with Crippen molar-refractivity contribution in [2.75, 3.05) is 26.2 Å². The lowest BCUT2D eigenvalue weighted by Crippen LogP contribution is -2.58. The van der Waals surface area contributed by atoms with Gasteiger partial charge in [-0.25, -0.2) is 0 Å². The van der Waals surface area contributed by atoms with Gasteiger partial charge in [-0.2, -0.15) is 17.0 Å². The summed E-state index contributed by atoms with van der Waals surface area (Å²) in [6, 6.07) is 0. The Labute approximate surface area is 112 Å². The molecular weight excluding hydrogens is 250 g/mol. The van der Waals surface area contributed by atoms with Crippen LogP contribution in [0.5, 0.6) is 0 Å². The molecule has 18 heavy (non-hydrogen) atoms. The second kappa shape index (κ2) is 6.32. The van der Waals surface area contributed by atoms with Gasteiger partial charge >= 0.3 is 0 Å². The largest absolute Gasteiger partial charge is 0.329 e. The van der Waals surface area contributed by atoms with Gasteiger partial charge in [0.2, 0.25) is 0 Å². The molecule has 0 saturated carbocycles. The fraction of sp³-hybridized carbons (Fsp3) is 1.00. The lowest BCUT2D eigenvalue weighted by atomic mass is 9.93. The molecule has 1 rings (SSSR count). The average molecular weight is 277 g/mol. The van der Waals surface area contributed by atoms with Gasteiger partial charge in [-0.05, 0) is 25.7 Å². The maximum absolute atomic E-state index is 12.7. The summed E-state index contributed by atoms with van der Waals surface area (Å²) >= 11 is 0. The SMILES string of the molecule is CCN(C(CC)(CC)CN)S(=O)(=O)N1CCCC1. The Morgan fingerprint density at radius 1 is 1.17 bits per heavy atom. The second-order valence-corrected chi connectivity index (χ2v) is 6.77. The summed E-state index contributed by atoms with van der Waals surface area (Å²) in [5.74, 6) is 0. The van der Waals surface area contributed by atoms with E-state index in [1.165, 1.54) is 0 Å². The fourth-order valence-corrected chi connectivity index (χ4v) is 4.94. The maximum atomic E-state index is 12.7. The lowest BCUT2D eigenvalue weighted by molar-refractivity contribution is 0.173. The third-order valence-electron chi connectivity index (χ3n) is 4.18. The predicted octanol–water partition coefficient (Wildman–Crippen LogP) is 1.17. The van der Waals surface area contributed by atoms with E-state index in [2.05, 4.69) is 0 Å². The smallest absolute Gasteiger partial charge is 0.282 e. The van der Waals surface area contributed by atoms with Crippen molar-refractivity contribution in [2.24, 2.45) is 5.73 Å². The Hall–Kier alpha value is -0.170. The van der Waals surface area contributed by atoms with Crippen LogP contribution in [0.3, 0.4) is 0 Å². The van der Waals surface area contributed by atoms with E-state index in [-0.39, 0.29) is 0 Å². The molecule has 0 bridgehead atoms. The van der Waals surface area contributed by atoms with E-state index in [4.69, 9.17) is 5.73 Å². The normalized spacial score (nSPS) is 18.7. The number of hydrogen-bond acceptors (Lipinski definition) is 3. The van der Waals surface area contributed by atoms with Crippen molar-refractivity contribution in [2.45, 2.75) is 52.0 Å². The van der Waals surface area contributed by atoms with E-state index in [0.29, 0.717) is 26.2 Å². The van der Waals surface area contributed by atoms with Gasteiger partial charge in [0.25, 0.3) is 10.2 Å². The van der Waals surface area contributed by atoms with Crippen LogP contribution in [0.2, 0.25) is 0 Å². The molecule has 0 unspecified atom stereocenters. The van der Waals surface area contributed by atoms with Gasteiger partial charge in [-0.15, -0.1) is 0 Å². The summed E-state index contributed by atoms with van der Waals surface area (Å²) in [6.07, 6.45) is 3.43. The van der Waals surface area contributed by atoms with Crippen molar-refractivity contribution in [1.29, 1.82) is 0 Å². The molecule has 0 aromatic carbocycles. The van der Waals surface area contributed by atoms with Crippen LogP contribution < -0.4 is 5.73 Å². The molecule has 0 aliphatic carbocycles. The minimum absolute atomic E-state index is 0.376. The van der Waals surface area contributed by atoms with Crippen molar-refractivity contribution >= 4 is 10.2 Å². The number of rotatable bonds is 7. The van der Waals surface area contributed by atoms with E-state index in [1.807, 2.05) is 20.8 Å². The zero-order valence-electron chi connectivity index (χ0n) is 11.9. The monoisotopic (exact) mass is 277 g/mol. The first-order valence-electron chi connectivity index (χ1n) is 6.96. The first-order chi connectivity index (χ1) is 8.48. The molecule has 5 nitrogen and oxygen atoms in total. The van der Waals surface area contributed by atoms with Crippen molar-refractivity contribution in [3.8, 4) is 0 Å². The summed E-state index contributed by atoms with van der Waals surface area (Å²) in [5.41, 5.74) is 5.44. The molecule has 0 aromatic rings. The van der Waals surface area contributed by atoms with Crippen LogP contribution >= 0.6 is 0 Å². The van der Waals surface area contributed by atoms with Crippen molar-refractivity contribution in [1.82, 2.24) is 8.61 Å². The summed E-state index contributed by atoms with van der Waals surface area (Å²) in [7, 11) is -3.36. The Balaban J connectivity index is 3.07. The van der Waals surface area contributed by atoms with Crippen LogP contribution in [0.25, 0.3) is 0 Å². The second-order valence-electron chi connectivity index (χ2n) is 4.91. The quantitative estimate of drug-likeness (QED) is 0.759. The molecule has 1 saturated heterocycles. The van der Waals surface area contributed by atoms with Gasteiger partial charge in [0.15, 0.2) is 0 Å². The molecule has 0 radical (unpaired) electrons. The standard InChI is InChI=1S/C12H27N3O2S/c1-4-12(5-2,11-13)15(6-3)18(16,17)14-9-7-8-10-14/h4-11,13H2,1-3H3. The van der Waals surface area contributed by atoms with Crippen molar-refractivity contribution in [3.05, 3.63) is 0 Å². The number of hydrogen-bond donors (Lipinski definition) is 1. The maximum Gasteiger partial charge on any atom is 0.282 e. The predicted molar refractivity (Wildman–Crippen MR) is 74.5 cm³/mol. The molecular formula is C12H27N3O2S. The number of nitrogens with zero attached hydrogens (tertiary/aromatic N) is 2. The van der Waals surface area contributed by atoms with E-state index < -0.39 is 15.7 Å². The molecule has 6 heteroatoms. The summed E-state index contributed by atoms with van der Waals surface area (Å²) < 4.78 is 28.6. The topological polar surface area (TPSA) is 66.6 Å². The molecule has 0 spiro atoms. The minimum Gasteiger partial charge on any atom is -0.329 e. The minimum atomic E-state index is -3.36. The Morgan fingerprint density at radius 3 is 2.00 bits per heavy atom. The van der Waals surface area contributed by atoms with E-state index in [0.717, 1.165) is 25.7 Å². The molecule has 0 aromatic heterocycles. The Morgan fingerprint density at radius 2 is 1.67 bits per heavy atom. The van der Waals surface area contributed by atoms with Crippen LogP contribution in [0.15, 0.2) is 0 Å². The van der Waals surface area contributed by atoms with Crippen LogP contribution in [0.1, 0.15) is 46.5 Å². The average Bonchev–Trinajstić information content (AvgIpc) is 2.90. The molecule has 0 atom stereocenters. The third kappa shape index (κ3) is 2.71. The fourth-order valence-electron chi connectivity index (χ4n) is 2.79. The van der Waals surface area contributed by atoms with E-state index >= 15 is 0 Å². The molecule has 1 heterocycles. The molecule has 0 amide bonds. The highest BCUT2D eigenvalue weighted by molar-refractivity contribution is 7.86. The third-order valence-corrected chi connectivity index (χ3v) is 6.40. The highest BCUT2D eigenvalue weighted by atomic mass is 32.2. The van der Waals surface area contributed by atoms with Crippen LogP contribution in [0.4, 0.5) is 0 Å². The molecule has 108 valence electrons. The van der Waals surface area contributed by atoms with Gasteiger partial charge in [0, 0.05) is 31.7 Å². The van der Waals surface area contributed by atoms with Crippen LogP contribution in [-0.4, -0.2) is 48.7 Å². The molecule has 1 aliphatic heterocycles.